The Morgan fingerprint density at radius 3 is 2.39 bits per heavy atom. The minimum atomic E-state index is -1.60. The average molecular weight is 503 g/mol. The molecule has 7 heteroatoms. The second-order valence-electron chi connectivity index (χ2n) is 9.55. The molecule has 3 heterocycles. The zero-order chi connectivity index (χ0) is 26.0. The number of ether oxygens (including phenoxy) is 2. The predicted molar refractivity (Wildman–Crippen MR) is 142 cm³/mol. The molecule has 2 amide bonds. The molecular formula is C31H22N2O5. The monoisotopic (exact) mass is 502 g/mol. The van der Waals surface area contributed by atoms with Crippen LogP contribution in [-0.4, -0.2) is 36.5 Å². The molecule has 3 unspecified atom stereocenters. The molecule has 3 aliphatic heterocycles. The SMILES string of the molecule is COc1ccc(N2C(=O)C=CC23C(=O)N(c2cccc4ccccc24)C2Oc4ccccc4C(=O)C23)cc1. The van der Waals surface area contributed by atoms with Gasteiger partial charge in [0.1, 0.15) is 17.4 Å². The van der Waals surface area contributed by atoms with Crippen molar-refractivity contribution in [1.29, 1.82) is 0 Å². The maximum atomic E-state index is 14.7. The molecule has 38 heavy (non-hydrogen) atoms. The van der Waals surface area contributed by atoms with Crippen molar-refractivity contribution in [1.82, 2.24) is 0 Å². The molecule has 7 rings (SSSR count). The first kappa shape index (κ1) is 22.3. The highest BCUT2D eigenvalue weighted by atomic mass is 16.5. The van der Waals surface area contributed by atoms with Gasteiger partial charge in [-0.2, -0.15) is 0 Å². The van der Waals surface area contributed by atoms with Gasteiger partial charge in [-0.05, 0) is 53.9 Å². The van der Waals surface area contributed by atoms with Gasteiger partial charge in [-0.15, -0.1) is 0 Å². The van der Waals surface area contributed by atoms with Gasteiger partial charge in [0.25, 0.3) is 11.8 Å². The zero-order valence-corrected chi connectivity index (χ0v) is 20.4. The van der Waals surface area contributed by atoms with E-state index in [0.29, 0.717) is 28.4 Å². The van der Waals surface area contributed by atoms with Crippen molar-refractivity contribution in [2.75, 3.05) is 16.9 Å². The van der Waals surface area contributed by atoms with Gasteiger partial charge < -0.3 is 9.47 Å². The lowest BCUT2D eigenvalue weighted by atomic mass is 9.78. The molecule has 4 aromatic rings. The minimum Gasteiger partial charge on any atom is -0.497 e. The lowest BCUT2D eigenvalue weighted by Gasteiger charge is -2.38. The lowest BCUT2D eigenvalue weighted by molar-refractivity contribution is -0.123. The van der Waals surface area contributed by atoms with E-state index in [1.54, 1.807) is 66.6 Å². The first-order chi connectivity index (χ1) is 18.5. The Bertz CT molecular complexity index is 1670. The van der Waals surface area contributed by atoms with Gasteiger partial charge in [0.15, 0.2) is 17.6 Å². The van der Waals surface area contributed by atoms with Gasteiger partial charge in [-0.25, -0.2) is 0 Å². The number of Topliss-reactive ketones (excluding diaryl/α,β-unsaturated/α-hetero) is 1. The van der Waals surface area contributed by atoms with Crippen molar-refractivity contribution in [3.63, 3.8) is 0 Å². The highest BCUT2D eigenvalue weighted by molar-refractivity contribution is 6.24. The molecular weight excluding hydrogens is 480 g/mol. The van der Waals surface area contributed by atoms with Crippen LogP contribution in [0.1, 0.15) is 10.4 Å². The predicted octanol–water partition coefficient (Wildman–Crippen LogP) is 4.75. The van der Waals surface area contributed by atoms with Crippen molar-refractivity contribution >= 4 is 39.7 Å². The number of para-hydroxylation sites is 1. The minimum absolute atomic E-state index is 0.245. The van der Waals surface area contributed by atoms with Crippen molar-refractivity contribution in [2.45, 2.75) is 11.8 Å². The Morgan fingerprint density at radius 2 is 1.58 bits per heavy atom. The van der Waals surface area contributed by atoms with Gasteiger partial charge in [-0.1, -0.05) is 48.5 Å². The Balaban J connectivity index is 1.48. The lowest BCUT2D eigenvalue weighted by Crippen LogP contribution is -2.58. The number of anilines is 2. The van der Waals surface area contributed by atoms with Crippen molar-refractivity contribution in [2.24, 2.45) is 5.92 Å². The summed E-state index contributed by atoms with van der Waals surface area (Å²) < 4.78 is 11.7. The number of hydrogen-bond acceptors (Lipinski definition) is 5. The Morgan fingerprint density at radius 1 is 0.842 bits per heavy atom. The smallest absolute Gasteiger partial charge is 0.261 e. The number of nitrogens with zero attached hydrogens (tertiary/aromatic N) is 2. The molecule has 0 saturated carbocycles. The normalized spacial score (nSPS) is 23.7. The van der Waals surface area contributed by atoms with Crippen LogP contribution in [0, 0.1) is 5.92 Å². The Labute approximate surface area is 218 Å². The maximum Gasteiger partial charge on any atom is 0.261 e. The molecule has 3 aliphatic rings. The number of hydrogen-bond donors (Lipinski definition) is 0. The molecule has 3 atom stereocenters. The van der Waals surface area contributed by atoms with Crippen LogP contribution in [0.15, 0.2) is 103 Å². The number of carbonyl (C=O) groups excluding carboxylic acids is 3. The molecule has 0 aliphatic carbocycles. The first-order valence-electron chi connectivity index (χ1n) is 12.3. The molecule has 0 N–H and O–H groups in total. The van der Waals surface area contributed by atoms with E-state index in [-0.39, 0.29) is 11.7 Å². The summed E-state index contributed by atoms with van der Waals surface area (Å²) in [7, 11) is 1.56. The number of benzene rings is 4. The summed E-state index contributed by atoms with van der Waals surface area (Å²) in [5.41, 5.74) is -0.102. The molecule has 4 aromatic carbocycles. The molecule has 1 saturated heterocycles. The van der Waals surface area contributed by atoms with Crippen LogP contribution < -0.4 is 19.3 Å². The third kappa shape index (κ3) is 2.87. The average Bonchev–Trinajstić information content (AvgIpc) is 3.42. The summed E-state index contributed by atoms with van der Waals surface area (Å²) in [5.74, 6) is -0.990. The standard InChI is InChI=1S/C31H22N2O5/c1-37-21-15-13-20(14-16-21)33-26(34)17-18-31(33)27-28(35)23-10-4-5-12-25(23)38-29(27)32(30(31)36)24-11-6-8-19-7-2-3-9-22(19)24/h2-18,27,29H,1H3. The topological polar surface area (TPSA) is 76.2 Å². The number of ketones is 1. The van der Waals surface area contributed by atoms with Crippen LogP contribution in [0.4, 0.5) is 11.4 Å². The fraction of sp³-hybridized carbons (Fsp3) is 0.129. The van der Waals surface area contributed by atoms with E-state index in [2.05, 4.69) is 0 Å². The van der Waals surface area contributed by atoms with Gasteiger partial charge in [0.05, 0.1) is 18.4 Å². The summed E-state index contributed by atoms with van der Waals surface area (Å²) in [6.45, 7) is 0. The number of amides is 2. The second-order valence-corrected chi connectivity index (χ2v) is 9.55. The van der Waals surface area contributed by atoms with E-state index in [0.717, 1.165) is 10.8 Å². The highest BCUT2D eigenvalue weighted by Gasteiger charge is 2.69. The van der Waals surface area contributed by atoms with Crippen LogP contribution in [0.5, 0.6) is 11.5 Å². The van der Waals surface area contributed by atoms with E-state index >= 15 is 0 Å². The van der Waals surface area contributed by atoms with Gasteiger partial charge >= 0.3 is 0 Å². The van der Waals surface area contributed by atoms with Crippen molar-refractivity contribution < 1.29 is 23.9 Å². The molecule has 7 nitrogen and oxygen atoms in total. The largest absolute Gasteiger partial charge is 0.497 e. The van der Waals surface area contributed by atoms with Gasteiger partial charge in [0, 0.05) is 17.1 Å². The molecule has 0 radical (unpaired) electrons. The molecule has 0 bridgehead atoms. The van der Waals surface area contributed by atoms with Crippen LogP contribution in [0.25, 0.3) is 10.8 Å². The highest BCUT2D eigenvalue weighted by Crippen LogP contribution is 2.52. The molecule has 1 fully saturated rings. The van der Waals surface area contributed by atoms with E-state index in [1.165, 1.54) is 11.0 Å². The summed E-state index contributed by atoms with van der Waals surface area (Å²) in [5, 5.41) is 1.79. The Kier molecular flexibility index (Phi) is 4.72. The Hall–Kier alpha value is -4.91. The zero-order valence-electron chi connectivity index (χ0n) is 20.4. The third-order valence-corrected chi connectivity index (χ3v) is 7.69. The van der Waals surface area contributed by atoms with E-state index in [9.17, 15) is 14.4 Å². The number of rotatable bonds is 3. The van der Waals surface area contributed by atoms with Crippen LogP contribution in [0.2, 0.25) is 0 Å². The second kappa shape index (κ2) is 8.05. The van der Waals surface area contributed by atoms with Crippen molar-refractivity contribution in [3.05, 3.63) is 109 Å². The maximum absolute atomic E-state index is 14.7. The molecule has 1 spiro atoms. The molecule has 186 valence electrons. The number of fused-ring (bicyclic) bond motifs is 4. The van der Waals surface area contributed by atoms with Gasteiger partial charge in [-0.3, -0.25) is 24.2 Å². The number of carbonyl (C=O) groups is 3. The van der Waals surface area contributed by atoms with Crippen LogP contribution >= 0.6 is 0 Å². The summed E-state index contributed by atoms with van der Waals surface area (Å²) >= 11 is 0. The third-order valence-electron chi connectivity index (χ3n) is 7.69. The van der Waals surface area contributed by atoms with Crippen LogP contribution in [-0.2, 0) is 9.59 Å². The first-order valence-corrected chi connectivity index (χ1v) is 12.3. The van der Waals surface area contributed by atoms with Crippen molar-refractivity contribution in [3.8, 4) is 11.5 Å². The van der Waals surface area contributed by atoms with E-state index < -0.39 is 23.6 Å². The quantitative estimate of drug-likeness (QED) is 0.404. The number of methoxy groups -OCH3 is 1. The van der Waals surface area contributed by atoms with E-state index in [4.69, 9.17) is 9.47 Å². The summed E-state index contributed by atoms with van der Waals surface area (Å²) in [4.78, 5) is 45.3. The van der Waals surface area contributed by atoms with Crippen LogP contribution in [0.3, 0.4) is 0 Å². The summed E-state index contributed by atoms with van der Waals surface area (Å²) in [6, 6.07) is 27.3. The van der Waals surface area contributed by atoms with E-state index in [1.807, 2.05) is 42.5 Å². The van der Waals surface area contributed by atoms with Gasteiger partial charge in [0.2, 0.25) is 0 Å². The fourth-order valence-corrected chi connectivity index (χ4v) is 6.01. The summed E-state index contributed by atoms with van der Waals surface area (Å²) in [6.07, 6.45) is 1.99. The fourth-order valence-electron chi connectivity index (χ4n) is 6.01. The molecule has 0 aromatic heterocycles.